The van der Waals surface area contributed by atoms with Crippen molar-refractivity contribution < 1.29 is 4.79 Å². The van der Waals surface area contributed by atoms with Crippen molar-refractivity contribution in [3.8, 4) is 11.4 Å². The maximum atomic E-state index is 12.2. The van der Waals surface area contributed by atoms with Gasteiger partial charge in [0, 0.05) is 44.5 Å². The highest BCUT2D eigenvalue weighted by Gasteiger charge is 2.15. The summed E-state index contributed by atoms with van der Waals surface area (Å²) in [4.78, 5) is 22.6. The molecule has 4 rings (SSSR count). The normalized spacial score (nSPS) is 14.7. The molecule has 9 nitrogen and oxygen atoms in total. The first kappa shape index (κ1) is 19.0. The van der Waals surface area contributed by atoms with Crippen molar-refractivity contribution in [2.75, 3.05) is 38.1 Å². The molecule has 1 N–H and O–H groups in total. The van der Waals surface area contributed by atoms with Gasteiger partial charge in [0.2, 0.25) is 11.7 Å². The Morgan fingerprint density at radius 1 is 1.07 bits per heavy atom. The van der Waals surface area contributed by atoms with Gasteiger partial charge in [0.25, 0.3) is 0 Å². The lowest BCUT2D eigenvalue weighted by Gasteiger charge is -2.33. The van der Waals surface area contributed by atoms with Crippen LogP contribution < -0.4 is 10.2 Å². The molecule has 3 heterocycles. The number of carbonyl (C=O) groups is 1. The van der Waals surface area contributed by atoms with E-state index in [1.807, 2.05) is 48.7 Å². The number of nitrogens with one attached hydrogen (secondary N) is 1. The summed E-state index contributed by atoms with van der Waals surface area (Å²) in [7, 11) is 2.13. The van der Waals surface area contributed by atoms with E-state index in [1.165, 1.54) is 4.80 Å². The van der Waals surface area contributed by atoms with E-state index < -0.39 is 0 Å². The molecule has 0 radical (unpaired) electrons. The van der Waals surface area contributed by atoms with Gasteiger partial charge in [-0.25, -0.2) is 4.98 Å². The first-order chi connectivity index (χ1) is 14.2. The van der Waals surface area contributed by atoms with Crippen LogP contribution in [0.15, 0.2) is 48.7 Å². The molecule has 1 aliphatic heterocycles. The zero-order valence-corrected chi connectivity index (χ0v) is 16.4. The predicted octanol–water partition coefficient (Wildman–Crippen LogP) is 0.803. The fraction of sp³-hybridized carbons (Fsp3) is 0.350. The van der Waals surface area contributed by atoms with Gasteiger partial charge in [-0.15, -0.1) is 10.2 Å². The number of likely N-dealkylation sites (N-methyl/N-ethyl adjacent to an activating group) is 1. The van der Waals surface area contributed by atoms with Gasteiger partial charge in [0.1, 0.15) is 12.4 Å². The molecule has 3 aromatic rings. The second kappa shape index (κ2) is 8.78. The molecule has 0 atom stereocenters. The molecule has 1 aromatic carbocycles. The van der Waals surface area contributed by atoms with Crippen molar-refractivity contribution in [1.29, 1.82) is 0 Å². The van der Waals surface area contributed by atoms with Gasteiger partial charge in [-0.1, -0.05) is 36.4 Å². The van der Waals surface area contributed by atoms with Crippen LogP contribution in [0, 0.1) is 0 Å². The molecule has 9 heteroatoms. The Bertz CT molecular complexity index is 933. The van der Waals surface area contributed by atoms with E-state index in [0.29, 0.717) is 12.4 Å². The van der Waals surface area contributed by atoms with Crippen LogP contribution in [0.1, 0.15) is 5.56 Å². The molecule has 1 aliphatic rings. The first-order valence-corrected chi connectivity index (χ1v) is 9.66. The van der Waals surface area contributed by atoms with Gasteiger partial charge in [-0.2, -0.15) is 4.80 Å². The highest BCUT2D eigenvalue weighted by atomic mass is 16.2. The topological polar surface area (TPSA) is 92.1 Å². The molecule has 0 spiro atoms. The minimum Gasteiger partial charge on any atom is -0.354 e. The fourth-order valence-corrected chi connectivity index (χ4v) is 3.14. The molecule has 1 saturated heterocycles. The van der Waals surface area contributed by atoms with Crippen molar-refractivity contribution in [2.45, 2.75) is 13.1 Å². The number of nitrogens with zero attached hydrogens (tertiary/aromatic N) is 7. The number of benzene rings is 1. The third kappa shape index (κ3) is 4.94. The predicted molar refractivity (Wildman–Crippen MR) is 109 cm³/mol. The maximum Gasteiger partial charge on any atom is 0.243 e. The number of hydrogen-bond donors (Lipinski definition) is 1. The van der Waals surface area contributed by atoms with Crippen LogP contribution >= 0.6 is 0 Å². The first-order valence-electron chi connectivity index (χ1n) is 9.66. The molecule has 0 aliphatic carbocycles. The maximum absolute atomic E-state index is 12.2. The Labute approximate surface area is 169 Å². The van der Waals surface area contributed by atoms with E-state index in [4.69, 9.17) is 0 Å². The smallest absolute Gasteiger partial charge is 0.243 e. The van der Waals surface area contributed by atoms with E-state index in [-0.39, 0.29) is 12.5 Å². The lowest BCUT2D eigenvalue weighted by molar-refractivity contribution is -0.122. The van der Waals surface area contributed by atoms with Crippen LogP contribution in [0.5, 0.6) is 0 Å². The van der Waals surface area contributed by atoms with E-state index in [9.17, 15) is 4.79 Å². The summed E-state index contributed by atoms with van der Waals surface area (Å²) >= 11 is 0. The molecular formula is C20H24N8O. The molecule has 2 aromatic heterocycles. The van der Waals surface area contributed by atoms with Crippen molar-refractivity contribution in [1.82, 2.24) is 35.4 Å². The average Bonchev–Trinajstić information content (AvgIpc) is 3.22. The second-order valence-electron chi connectivity index (χ2n) is 7.10. The molecule has 1 fully saturated rings. The zero-order chi connectivity index (χ0) is 20.1. The number of hydrogen-bond acceptors (Lipinski definition) is 7. The highest BCUT2D eigenvalue weighted by molar-refractivity contribution is 5.75. The van der Waals surface area contributed by atoms with Crippen LogP contribution in [-0.2, 0) is 17.9 Å². The Balaban J connectivity index is 1.27. The fourth-order valence-electron chi connectivity index (χ4n) is 3.14. The van der Waals surface area contributed by atoms with E-state index in [1.54, 1.807) is 0 Å². The number of anilines is 1. The second-order valence-corrected chi connectivity index (χ2v) is 7.10. The zero-order valence-electron chi connectivity index (χ0n) is 16.4. The molecule has 1 amide bonds. The summed E-state index contributed by atoms with van der Waals surface area (Å²) in [6.45, 7) is 4.48. The number of rotatable bonds is 6. The molecule has 29 heavy (non-hydrogen) atoms. The SMILES string of the molecule is CN1CCN(c2ccc(CNC(=O)Cn3nnc(-c4ccccc4)n3)cn2)CC1. The molecular weight excluding hydrogens is 368 g/mol. The number of tetrazole rings is 1. The number of piperazine rings is 1. The number of pyridine rings is 1. The number of amides is 1. The number of aromatic nitrogens is 5. The van der Waals surface area contributed by atoms with Crippen molar-refractivity contribution in [3.63, 3.8) is 0 Å². The summed E-state index contributed by atoms with van der Waals surface area (Å²) in [5, 5.41) is 15.1. The lowest BCUT2D eigenvalue weighted by Crippen LogP contribution is -2.44. The summed E-state index contributed by atoms with van der Waals surface area (Å²) in [5.74, 6) is 1.31. The van der Waals surface area contributed by atoms with Gasteiger partial charge in [0.15, 0.2) is 0 Å². The van der Waals surface area contributed by atoms with Crippen LogP contribution in [0.2, 0.25) is 0 Å². The Morgan fingerprint density at radius 3 is 2.59 bits per heavy atom. The molecule has 0 unspecified atom stereocenters. The largest absolute Gasteiger partial charge is 0.354 e. The van der Waals surface area contributed by atoms with Gasteiger partial charge in [-0.05, 0) is 23.9 Å². The minimum atomic E-state index is -0.176. The third-order valence-corrected chi connectivity index (χ3v) is 4.90. The third-order valence-electron chi connectivity index (χ3n) is 4.90. The standard InChI is InChI=1S/C20H24N8O/c1-26-9-11-27(12-10-26)18-8-7-16(13-21-18)14-22-19(29)15-28-24-20(23-25-28)17-5-3-2-4-6-17/h2-8,13H,9-12,14-15H2,1H3,(H,22,29). The summed E-state index contributed by atoms with van der Waals surface area (Å²) in [5.41, 5.74) is 1.82. The minimum absolute atomic E-state index is 0.0205. The van der Waals surface area contributed by atoms with Crippen LogP contribution in [0.25, 0.3) is 11.4 Å². The van der Waals surface area contributed by atoms with E-state index in [2.05, 4.69) is 42.6 Å². The lowest BCUT2D eigenvalue weighted by atomic mass is 10.2. The van der Waals surface area contributed by atoms with Crippen LogP contribution in [0.4, 0.5) is 5.82 Å². The molecule has 150 valence electrons. The average molecular weight is 392 g/mol. The van der Waals surface area contributed by atoms with Crippen LogP contribution in [0.3, 0.4) is 0 Å². The van der Waals surface area contributed by atoms with Crippen molar-refractivity contribution in [2.24, 2.45) is 0 Å². The van der Waals surface area contributed by atoms with Crippen molar-refractivity contribution in [3.05, 3.63) is 54.2 Å². The van der Waals surface area contributed by atoms with Crippen molar-refractivity contribution >= 4 is 11.7 Å². The Kier molecular flexibility index (Phi) is 5.76. The van der Waals surface area contributed by atoms with Crippen LogP contribution in [-0.4, -0.2) is 69.2 Å². The highest BCUT2D eigenvalue weighted by Crippen LogP contribution is 2.14. The molecule has 0 bridgehead atoms. The summed E-state index contributed by atoms with van der Waals surface area (Å²) < 4.78 is 0. The van der Waals surface area contributed by atoms with Gasteiger partial charge < -0.3 is 15.1 Å². The van der Waals surface area contributed by atoms with E-state index in [0.717, 1.165) is 43.1 Å². The summed E-state index contributed by atoms with van der Waals surface area (Å²) in [6.07, 6.45) is 1.81. The Hall–Kier alpha value is -3.33. The van der Waals surface area contributed by atoms with Gasteiger partial charge >= 0.3 is 0 Å². The Morgan fingerprint density at radius 2 is 1.86 bits per heavy atom. The molecule has 0 saturated carbocycles. The summed E-state index contributed by atoms with van der Waals surface area (Å²) in [6, 6.07) is 13.6. The number of carbonyl (C=O) groups excluding carboxylic acids is 1. The van der Waals surface area contributed by atoms with Gasteiger partial charge in [-0.3, -0.25) is 4.79 Å². The monoisotopic (exact) mass is 392 g/mol. The van der Waals surface area contributed by atoms with E-state index >= 15 is 0 Å². The van der Waals surface area contributed by atoms with Gasteiger partial charge in [0.05, 0.1) is 0 Å². The quantitative estimate of drug-likeness (QED) is 0.663.